The second-order valence-corrected chi connectivity index (χ2v) is 7.69. The Kier molecular flexibility index (Phi) is 13.6. The maximum Gasteiger partial charge on any atom is 0.191 e. The van der Waals surface area contributed by atoms with Gasteiger partial charge in [-0.1, -0.05) is 38.3 Å². The van der Waals surface area contributed by atoms with Crippen LogP contribution in [0.3, 0.4) is 0 Å². The van der Waals surface area contributed by atoms with Crippen LogP contribution in [0.5, 0.6) is 0 Å². The van der Waals surface area contributed by atoms with Gasteiger partial charge in [0.25, 0.3) is 0 Å². The van der Waals surface area contributed by atoms with Crippen molar-refractivity contribution in [2.24, 2.45) is 4.99 Å². The number of unbranched alkanes of at least 4 members (excludes halogenated alkanes) is 2. The molecule has 0 atom stereocenters. The van der Waals surface area contributed by atoms with Crippen LogP contribution in [0.4, 0.5) is 0 Å². The molecule has 0 aromatic carbocycles. The topological polar surface area (TPSA) is 71.7 Å². The smallest absolute Gasteiger partial charge is 0.191 e. The SMILES string of the molecule is CCNC(=NCc1cc(C(C)C)no1)NCCCCCOC1CCCCC1.I. The van der Waals surface area contributed by atoms with Gasteiger partial charge in [-0.25, -0.2) is 4.99 Å². The predicted molar refractivity (Wildman–Crippen MR) is 126 cm³/mol. The molecule has 28 heavy (non-hydrogen) atoms. The van der Waals surface area contributed by atoms with Gasteiger partial charge in [-0.3, -0.25) is 0 Å². The molecular formula is C21H39IN4O2. The number of rotatable bonds is 11. The van der Waals surface area contributed by atoms with E-state index in [0.29, 0.717) is 18.6 Å². The summed E-state index contributed by atoms with van der Waals surface area (Å²) < 4.78 is 11.3. The monoisotopic (exact) mass is 506 g/mol. The van der Waals surface area contributed by atoms with Gasteiger partial charge in [0.2, 0.25) is 0 Å². The molecule has 0 radical (unpaired) electrons. The average Bonchev–Trinajstić information content (AvgIpc) is 3.15. The molecule has 0 aliphatic heterocycles. The maximum atomic E-state index is 5.98. The highest BCUT2D eigenvalue weighted by Gasteiger charge is 2.13. The lowest BCUT2D eigenvalue weighted by Gasteiger charge is -2.21. The highest BCUT2D eigenvalue weighted by Crippen LogP contribution is 2.20. The fourth-order valence-corrected chi connectivity index (χ4v) is 3.27. The Labute approximate surface area is 187 Å². The van der Waals surface area contributed by atoms with Crippen molar-refractivity contribution in [1.29, 1.82) is 0 Å². The summed E-state index contributed by atoms with van der Waals surface area (Å²) in [4.78, 5) is 4.59. The Hall–Kier alpha value is -0.830. The van der Waals surface area contributed by atoms with Crippen LogP contribution in [0.2, 0.25) is 0 Å². The first kappa shape index (κ1) is 25.2. The van der Waals surface area contributed by atoms with Gasteiger partial charge < -0.3 is 19.9 Å². The first-order valence-corrected chi connectivity index (χ1v) is 10.8. The van der Waals surface area contributed by atoms with Gasteiger partial charge in [-0.05, 0) is 44.9 Å². The zero-order valence-corrected chi connectivity index (χ0v) is 20.2. The molecule has 1 fully saturated rings. The predicted octanol–water partition coefficient (Wildman–Crippen LogP) is 4.99. The van der Waals surface area contributed by atoms with E-state index >= 15 is 0 Å². The summed E-state index contributed by atoms with van der Waals surface area (Å²) in [5, 5.41) is 10.8. The molecule has 0 bridgehead atoms. The van der Waals surface area contributed by atoms with Crippen molar-refractivity contribution >= 4 is 29.9 Å². The summed E-state index contributed by atoms with van der Waals surface area (Å²) in [5.41, 5.74) is 0.980. The highest BCUT2D eigenvalue weighted by molar-refractivity contribution is 14.0. The third kappa shape index (κ3) is 10.1. The van der Waals surface area contributed by atoms with Crippen LogP contribution in [-0.2, 0) is 11.3 Å². The van der Waals surface area contributed by atoms with E-state index in [-0.39, 0.29) is 24.0 Å². The molecule has 6 nitrogen and oxygen atoms in total. The Morgan fingerprint density at radius 3 is 2.68 bits per heavy atom. The van der Waals surface area contributed by atoms with Crippen LogP contribution in [0.15, 0.2) is 15.6 Å². The summed E-state index contributed by atoms with van der Waals surface area (Å²) in [6.45, 7) is 9.46. The molecule has 1 heterocycles. The maximum absolute atomic E-state index is 5.98. The van der Waals surface area contributed by atoms with Gasteiger partial charge in [0.05, 0.1) is 11.8 Å². The van der Waals surface area contributed by atoms with Crippen LogP contribution in [-0.4, -0.2) is 36.9 Å². The first-order chi connectivity index (χ1) is 13.2. The molecule has 1 aliphatic carbocycles. The van der Waals surface area contributed by atoms with Gasteiger partial charge in [0.15, 0.2) is 11.7 Å². The number of aliphatic imine (C=N–C) groups is 1. The third-order valence-corrected chi connectivity index (χ3v) is 4.93. The zero-order chi connectivity index (χ0) is 19.3. The normalized spacial score (nSPS) is 15.5. The molecule has 0 amide bonds. The zero-order valence-electron chi connectivity index (χ0n) is 17.8. The van der Waals surface area contributed by atoms with Gasteiger partial charge in [0.1, 0.15) is 6.54 Å². The number of hydrogen-bond donors (Lipinski definition) is 2. The van der Waals surface area contributed by atoms with Crippen molar-refractivity contribution < 1.29 is 9.26 Å². The lowest BCUT2D eigenvalue weighted by Crippen LogP contribution is -2.37. The van der Waals surface area contributed by atoms with Crippen LogP contribution >= 0.6 is 24.0 Å². The third-order valence-electron chi connectivity index (χ3n) is 4.93. The number of nitrogens with one attached hydrogen (secondary N) is 2. The van der Waals surface area contributed by atoms with Gasteiger partial charge in [-0.2, -0.15) is 0 Å². The van der Waals surface area contributed by atoms with Crippen molar-refractivity contribution in [2.75, 3.05) is 19.7 Å². The Balaban J connectivity index is 0.00000392. The van der Waals surface area contributed by atoms with Crippen LogP contribution in [0, 0.1) is 0 Å². The summed E-state index contributed by atoms with van der Waals surface area (Å²) in [6.07, 6.45) is 10.6. The van der Waals surface area contributed by atoms with E-state index in [0.717, 1.165) is 50.0 Å². The molecule has 0 unspecified atom stereocenters. The lowest BCUT2D eigenvalue weighted by atomic mass is 9.98. The molecular weight excluding hydrogens is 467 g/mol. The van der Waals surface area contributed by atoms with E-state index in [1.165, 1.54) is 38.5 Å². The van der Waals surface area contributed by atoms with Crippen LogP contribution in [0.25, 0.3) is 0 Å². The standard InChI is InChI=1S/C21H38N4O2.HI/c1-4-22-21(24-16-19-15-20(17(2)3)25-27-19)23-13-9-6-10-14-26-18-11-7-5-8-12-18;/h15,17-18H,4-14,16H2,1-3H3,(H2,22,23,24);1H. The van der Waals surface area contributed by atoms with Crippen molar-refractivity contribution in [1.82, 2.24) is 15.8 Å². The van der Waals surface area contributed by atoms with Gasteiger partial charge in [0, 0.05) is 25.8 Å². The van der Waals surface area contributed by atoms with E-state index in [2.05, 4.69) is 41.6 Å². The van der Waals surface area contributed by atoms with Crippen molar-refractivity contribution in [2.45, 2.75) is 90.7 Å². The highest BCUT2D eigenvalue weighted by atomic mass is 127. The molecule has 0 spiro atoms. The van der Waals surface area contributed by atoms with E-state index < -0.39 is 0 Å². The number of halogens is 1. The first-order valence-electron chi connectivity index (χ1n) is 10.8. The van der Waals surface area contributed by atoms with Crippen molar-refractivity contribution in [3.8, 4) is 0 Å². The molecule has 162 valence electrons. The van der Waals surface area contributed by atoms with E-state index in [4.69, 9.17) is 9.26 Å². The fourth-order valence-electron chi connectivity index (χ4n) is 3.27. The molecule has 1 aromatic rings. The average molecular weight is 506 g/mol. The number of aromatic nitrogens is 1. The molecule has 7 heteroatoms. The van der Waals surface area contributed by atoms with E-state index in [1.807, 2.05) is 6.07 Å². The summed E-state index contributed by atoms with van der Waals surface area (Å²) in [6, 6.07) is 1.99. The van der Waals surface area contributed by atoms with Crippen molar-refractivity contribution in [3.63, 3.8) is 0 Å². The van der Waals surface area contributed by atoms with Crippen LogP contribution < -0.4 is 10.6 Å². The molecule has 2 N–H and O–H groups in total. The van der Waals surface area contributed by atoms with Crippen LogP contribution in [0.1, 0.15) is 89.5 Å². The molecule has 0 saturated heterocycles. The molecule has 1 aromatic heterocycles. The molecule has 2 rings (SSSR count). The minimum Gasteiger partial charge on any atom is -0.378 e. The quantitative estimate of drug-likeness (QED) is 0.192. The summed E-state index contributed by atoms with van der Waals surface area (Å²) in [5.74, 6) is 2.01. The number of nitrogens with zero attached hydrogens (tertiary/aromatic N) is 2. The molecule has 1 saturated carbocycles. The lowest BCUT2D eigenvalue weighted by molar-refractivity contribution is 0.0264. The minimum atomic E-state index is 0. The number of guanidine groups is 1. The molecule has 1 aliphatic rings. The Morgan fingerprint density at radius 1 is 1.21 bits per heavy atom. The minimum absolute atomic E-state index is 0. The number of hydrogen-bond acceptors (Lipinski definition) is 4. The number of ether oxygens (including phenoxy) is 1. The fraction of sp³-hybridized carbons (Fsp3) is 0.810. The van der Waals surface area contributed by atoms with Gasteiger partial charge >= 0.3 is 0 Å². The Morgan fingerprint density at radius 2 is 2.00 bits per heavy atom. The van der Waals surface area contributed by atoms with Crippen molar-refractivity contribution in [3.05, 3.63) is 17.5 Å². The Bertz CT molecular complexity index is 542. The second-order valence-electron chi connectivity index (χ2n) is 7.69. The largest absolute Gasteiger partial charge is 0.378 e. The second kappa shape index (κ2) is 15.1. The van der Waals surface area contributed by atoms with E-state index in [9.17, 15) is 0 Å². The van der Waals surface area contributed by atoms with Gasteiger partial charge in [-0.15, -0.1) is 24.0 Å². The van der Waals surface area contributed by atoms with E-state index in [1.54, 1.807) is 0 Å². The summed E-state index contributed by atoms with van der Waals surface area (Å²) >= 11 is 0. The summed E-state index contributed by atoms with van der Waals surface area (Å²) in [7, 11) is 0.